The van der Waals surface area contributed by atoms with Gasteiger partial charge < -0.3 is 9.30 Å². The summed E-state index contributed by atoms with van der Waals surface area (Å²) in [5.41, 5.74) is 5.08. The lowest BCUT2D eigenvalue weighted by Gasteiger charge is -2.07. The van der Waals surface area contributed by atoms with Crippen LogP contribution in [0.15, 0.2) is 84.0 Å². The number of methoxy groups -OCH3 is 1. The van der Waals surface area contributed by atoms with Crippen molar-refractivity contribution in [2.75, 3.05) is 7.11 Å². The highest BCUT2D eigenvalue weighted by Gasteiger charge is 2.10. The average molecular weight is 410 g/mol. The van der Waals surface area contributed by atoms with Gasteiger partial charge in [0.25, 0.3) is 0 Å². The van der Waals surface area contributed by atoms with Crippen molar-refractivity contribution in [1.29, 1.82) is 0 Å². The molecule has 0 saturated carbocycles. The summed E-state index contributed by atoms with van der Waals surface area (Å²) in [5, 5.41) is 1.09. The Kier molecular flexibility index (Phi) is 5.76. The number of carbonyl (C=O) groups is 2. The van der Waals surface area contributed by atoms with E-state index in [0.29, 0.717) is 17.7 Å². The van der Waals surface area contributed by atoms with Crippen LogP contribution in [0.5, 0.6) is 0 Å². The van der Waals surface area contributed by atoms with Crippen molar-refractivity contribution in [2.45, 2.75) is 13.5 Å². The van der Waals surface area contributed by atoms with Crippen molar-refractivity contribution in [3.05, 3.63) is 101 Å². The highest BCUT2D eigenvalue weighted by molar-refractivity contribution is 6.00. The molecule has 0 saturated heterocycles. The van der Waals surface area contributed by atoms with E-state index in [0.717, 1.165) is 27.7 Å². The van der Waals surface area contributed by atoms with Crippen LogP contribution in [0.25, 0.3) is 10.9 Å². The van der Waals surface area contributed by atoms with E-state index in [9.17, 15) is 9.59 Å². The molecule has 0 N–H and O–H groups in total. The van der Waals surface area contributed by atoms with E-state index in [4.69, 9.17) is 4.74 Å². The Morgan fingerprint density at radius 3 is 2.48 bits per heavy atom. The van der Waals surface area contributed by atoms with Crippen LogP contribution in [-0.4, -0.2) is 29.6 Å². The topological polar surface area (TPSA) is 60.7 Å². The Hall–Kier alpha value is -3.99. The Morgan fingerprint density at radius 2 is 1.74 bits per heavy atom. The molecule has 0 amide bonds. The van der Waals surface area contributed by atoms with Crippen LogP contribution < -0.4 is 0 Å². The fourth-order valence-corrected chi connectivity index (χ4v) is 3.55. The molecule has 3 aromatic carbocycles. The molecule has 5 heteroatoms. The van der Waals surface area contributed by atoms with Gasteiger partial charge in [-0.25, -0.2) is 4.79 Å². The van der Waals surface area contributed by atoms with Gasteiger partial charge in [-0.05, 0) is 55.0 Å². The molecule has 0 unspecified atom stereocenters. The summed E-state index contributed by atoms with van der Waals surface area (Å²) < 4.78 is 6.97. The predicted octanol–water partition coefficient (Wildman–Crippen LogP) is 5.43. The standard InChI is InChI=1S/C26H22N2O3/c1-18(29)20-10-12-23(13-11-20)27-15-22-17-28(25-9-4-3-8-24(22)25)16-19-6-5-7-21(14-19)26(30)31-2/h3-15,17H,16H2,1-2H3. The summed E-state index contributed by atoms with van der Waals surface area (Å²) in [6, 6.07) is 22.8. The predicted molar refractivity (Wildman–Crippen MR) is 123 cm³/mol. The van der Waals surface area contributed by atoms with Crippen LogP contribution in [0.3, 0.4) is 0 Å². The van der Waals surface area contributed by atoms with E-state index in [2.05, 4.69) is 27.9 Å². The van der Waals surface area contributed by atoms with Crippen molar-refractivity contribution in [1.82, 2.24) is 4.57 Å². The second-order valence-electron chi connectivity index (χ2n) is 7.28. The molecule has 0 aliphatic rings. The summed E-state index contributed by atoms with van der Waals surface area (Å²) >= 11 is 0. The molecule has 0 aliphatic carbocycles. The number of ether oxygens (including phenoxy) is 1. The summed E-state index contributed by atoms with van der Waals surface area (Å²) in [6.07, 6.45) is 3.90. The molecule has 0 fully saturated rings. The monoisotopic (exact) mass is 410 g/mol. The Bertz CT molecular complexity index is 1280. The first-order valence-corrected chi connectivity index (χ1v) is 9.95. The van der Waals surface area contributed by atoms with E-state index >= 15 is 0 Å². The first kappa shape index (κ1) is 20.3. The molecule has 4 rings (SSSR count). The number of hydrogen-bond acceptors (Lipinski definition) is 4. The minimum atomic E-state index is -0.345. The van der Waals surface area contributed by atoms with E-state index in [1.54, 1.807) is 25.1 Å². The number of hydrogen-bond donors (Lipinski definition) is 0. The van der Waals surface area contributed by atoms with E-state index in [1.165, 1.54) is 7.11 Å². The number of fused-ring (bicyclic) bond motifs is 1. The van der Waals surface area contributed by atoms with E-state index in [-0.39, 0.29) is 11.8 Å². The fraction of sp³-hybridized carbons (Fsp3) is 0.115. The molecule has 154 valence electrons. The van der Waals surface area contributed by atoms with Gasteiger partial charge in [-0.15, -0.1) is 0 Å². The number of esters is 1. The minimum Gasteiger partial charge on any atom is -0.465 e. The van der Waals surface area contributed by atoms with Crippen LogP contribution in [0, 0.1) is 0 Å². The molecular weight excluding hydrogens is 388 g/mol. The summed E-state index contributed by atoms with van der Waals surface area (Å²) in [7, 11) is 1.38. The van der Waals surface area contributed by atoms with Crippen molar-refractivity contribution in [3.63, 3.8) is 0 Å². The van der Waals surface area contributed by atoms with Gasteiger partial charge in [0, 0.05) is 41.0 Å². The Balaban J connectivity index is 1.65. The SMILES string of the molecule is COC(=O)c1cccc(Cn2cc(C=Nc3ccc(C(C)=O)cc3)c3ccccc32)c1. The third kappa shape index (κ3) is 4.46. The van der Waals surface area contributed by atoms with Crippen molar-refractivity contribution in [2.24, 2.45) is 4.99 Å². The summed E-state index contributed by atoms with van der Waals surface area (Å²) in [6.45, 7) is 2.17. The number of Topliss-reactive ketones (excluding diaryl/α,β-unsaturated/α-hetero) is 1. The third-order valence-electron chi connectivity index (χ3n) is 5.15. The average Bonchev–Trinajstić information content (AvgIpc) is 3.15. The first-order chi connectivity index (χ1) is 15.0. The van der Waals surface area contributed by atoms with Crippen LogP contribution >= 0.6 is 0 Å². The number of aromatic nitrogens is 1. The lowest BCUT2D eigenvalue weighted by atomic mass is 10.1. The summed E-state index contributed by atoms with van der Waals surface area (Å²) in [4.78, 5) is 27.9. The quantitative estimate of drug-likeness (QED) is 0.242. The fourth-order valence-electron chi connectivity index (χ4n) is 3.55. The third-order valence-corrected chi connectivity index (χ3v) is 5.15. The number of carbonyl (C=O) groups excluding carboxylic acids is 2. The maximum atomic E-state index is 11.8. The first-order valence-electron chi connectivity index (χ1n) is 9.95. The van der Waals surface area contributed by atoms with Crippen LogP contribution in [0.1, 0.15) is 38.8 Å². The second-order valence-corrected chi connectivity index (χ2v) is 7.28. The molecule has 1 heterocycles. The van der Waals surface area contributed by atoms with Gasteiger partial charge in [0.05, 0.1) is 18.4 Å². The maximum Gasteiger partial charge on any atom is 0.337 e. The second kappa shape index (κ2) is 8.79. The Morgan fingerprint density at radius 1 is 0.968 bits per heavy atom. The number of aliphatic imine (C=N–C) groups is 1. The highest BCUT2D eigenvalue weighted by atomic mass is 16.5. The van der Waals surface area contributed by atoms with Crippen molar-refractivity contribution >= 4 is 34.6 Å². The molecule has 5 nitrogen and oxygen atoms in total. The number of benzene rings is 3. The van der Waals surface area contributed by atoms with Crippen LogP contribution in [0.4, 0.5) is 5.69 Å². The maximum absolute atomic E-state index is 11.8. The highest BCUT2D eigenvalue weighted by Crippen LogP contribution is 2.23. The lowest BCUT2D eigenvalue weighted by molar-refractivity contribution is 0.0600. The van der Waals surface area contributed by atoms with Crippen LogP contribution in [0.2, 0.25) is 0 Å². The minimum absolute atomic E-state index is 0.0369. The molecule has 0 atom stereocenters. The largest absolute Gasteiger partial charge is 0.465 e. The van der Waals surface area contributed by atoms with Gasteiger partial charge >= 0.3 is 5.97 Å². The van der Waals surface area contributed by atoms with Crippen molar-refractivity contribution < 1.29 is 14.3 Å². The van der Waals surface area contributed by atoms with Gasteiger partial charge in [-0.3, -0.25) is 9.79 Å². The van der Waals surface area contributed by atoms with Gasteiger partial charge in [0.1, 0.15) is 0 Å². The van der Waals surface area contributed by atoms with Gasteiger partial charge in [0.2, 0.25) is 0 Å². The number of nitrogens with zero attached hydrogens (tertiary/aromatic N) is 2. The van der Waals surface area contributed by atoms with E-state index in [1.807, 2.05) is 48.7 Å². The smallest absolute Gasteiger partial charge is 0.337 e. The zero-order chi connectivity index (χ0) is 21.8. The molecular formula is C26H22N2O3. The van der Waals surface area contributed by atoms with E-state index < -0.39 is 0 Å². The normalized spacial score (nSPS) is 11.2. The zero-order valence-electron chi connectivity index (χ0n) is 17.4. The molecule has 0 aliphatic heterocycles. The zero-order valence-corrected chi connectivity index (χ0v) is 17.4. The Labute approximate surface area is 180 Å². The summed E-state index contributed by atoms with van der Waals surface area (Å²) in [5.74, 6) is -0.308. The lowest BCUT2D eigenvalue weighted by Crippen LogP contribution is -2.03. The molecule has 0 radical (unpaired) electrons. The number of rotatable bonds is 6. The number of para-hydroxylation sites is 1. The van der Waals surface area contributed by atoms with Gasteiger partial charge in [-0.1, -0.05) is 30.3 Å². The molecule has 31 heavy (non-hydrogen) atoms. The van der Waals surface area contributed by atoms with Gasteiger partial charge in [-0.2, -0.15) is 0 Å². The number of ketones is 1. The molecule has 1 aromatic heterocycles. The molecule has 4 aromatic rings. The van der Waals surface area contributed by atoms with Crippen molar-refractivity contribution in [3.8, 4) is 0 Å². The van der Waals surface area contributed by atoms with Crippen LogP contribution in [-0.2, 0) is 11.3 Å². The molecule has 0 spiro atoms. The van der Waals surface area contributed by atoms with Gasteiger partial charge in [0.15, 0.2) is 5.78 Å². The molecule has 0 bridgehead atoms.